The molecule has 0 atom stereocenters. The maximum absolute atomic E-state index is 13.3. The van der Waals surface area contributed by atoms with Gasteiger partial charge in [-0.2, -0.15) is 0 Å². The van der Waals surface area contributed by atoms with E-state index in [1.807, 2.05) is 73.7 Å². The zero-order chi connectivity index (χ0) is 23.2. The van der Waals surface area contributed by atoms with Crippen LogP contribution in [0.2, 0.25) is 0 Å². The van der Waals surface area contributed by atoms with Gasteiger partial charge >= 0.3 is 0 Å². The molecule has 0 aliphatic carbocycles. The highest BCUT2D eigenvalue weighted by Gasteiger charge is 2.20. The minimum absolute atomic E-state index is 0.183. The predicted molar refractivity (Wildman–Crippen MR) is 136 cm³/mol. The van der Waals surface area contributed by atoms with E-state index in [1.54, 1.807) is 29.2 Å². The fourth-order valence-electron chi connectivity index (χ4n) is 3.63. The molecule has 4 aromatic carbocycles. The van der Waals surface area contributed by atoms with Gasteiger partial charge in [0.1, 0.15) is 5.75 Å². The van der Waals surface area contributed by atoms with E-state index in [9.17, 15) is 9.59 Å². The summed E-state index contributed by atoms with van der Waals surface area (Å²) in [5.74, 6) is 0.0466. The van der Waals surface area contributed by atoms with E-state index < -0.39 is 0 Å². The van der Waals surface area contributed by atoms with Gasteiger partial charge in [0.25, 0.3) is 11.8 Å². The van der Waals surface area contributed by atoms with Crippen molar-refractivity contribution in [3.05, 3.63) is 101 Å². The Hall–Kier alpha value is -3.64. The van der Waals surface area contributed by atoms with E-state index in [0.717, 1.165) is 20.9 Å². The lowest BCUT2D eigenvalue weighted by Gasteiger charge is -2.22. The van der Waals surface area contributed by atoms with E-state index in [4.69, 9.17) is 4.74 Å². The fourth-order valence-corrected chi connectivity index (χ4v) is 4.24. The van der Waals surface area contributed by atoms with Crippen LogP contribution in [0.25, 0.3) is 10.8 Å². The molecule has 5 nitrogen and oxygen atoms in total. The van der Waals surface area contributed by atoms with Gasteiger partial charge < -0.3 is 15.0 Å². The highest BCUT2D eigenvalue weighted by molar-refractivity contribution is 9.10. The highest BCUT2D eigenvalue weighted by atomic mass is 79.9. The molecule has 0 heterocycles. The molecular weight excluding hydrogens is 480 g/mol. The third kappa shape index (κ3) is 5.07. The third-order valence-electron chi connectivity index (χ3n) is 5.25. The first-order valence-corrected chi connectivity index (χ1v) is 11.4. The topological polar surface area (TPSA) is 58.6 Å². The molecule has 0 fully saturated rings. The van der Waals surface area contributed by atoms with Gasteiger partial charge in [0.2, 0.25) is 0 Å². The molecule has 0 radical (unpaired) electrons. The van der Waals surface area contributed by atoms with Crippen LogP contribution >= 0.6 is 15.9 Å². The number of hydrogen-bond acceptors (Lipinski definition) is 3. The number of ether oxygens (including phenoxy) is 1. The summed E-state index contributed by atoms with van der Waals surface area (Å²) in [7, 11) is 0. The lowest BCUT2D eigenvalue weighted by Crippen LogP contribution is -2.32. The van der Waals surface area contributed by atoms with Crippen LogP contribution in [0, 0.1) is 0 Å². The number of nitrogens with one attached hydrogen (secondary N) is 1. The Kier molecular flexibility index (Phi) is 7.05. The van der Waals surface area contributed by atoms with Crippen LogP contribution in [0.3, 0.4) is 0 Å². The van der Waals surface area contributed by atoms with E-state index >= 15 is 0 Å². The largest absolute Gasteiger partial charge is 0.483 e. The number of rotatable bonds is 7. The van der Waals surface area contributed by atoms with E-state index in [1.165, 1.54) is 0 Å². The third-order valence-corrected chi connectivity index (χ3v) is 6.07. The lowest BCUT2D eigenvalue weighted by atomic mass is 10.1. The van der Waals surface area contributed by atoms with Crippen molar-refractivity contribution in [1.82, 2.24) is 0 Å². The predicted octanol–water partition coefficient (Wildman–Crippen LogP) is 6.29. The number of anilines is 2. The van der Waals surface area contributed by atoms with E-state index in [2.05, 4.69) is 21.2 Å². The van der Waals surface area contributed by atoms with Gasteiger partial charge in [0.05, 0.1) is 15.7 Å². The molecule has 2 amide bonds. The second-order valence-corrected chi connectivity index (χ2v) is 8.16. The number of nitrogens with zero attached hydrogens (tertiary/aromatic N) is 1. The van der Waals surface area contributed by atoms with Gasteiger partial charge in [-0.05, 0) is 64.0 Å². The number of carbonyl (C=O) groups excluding carboxylic acids is 2. The monoisotopic (exact) mass is 502 g/mol. The number of amides is 2. The average molecular weight is 503 g/mol. The number of carbonyl (C=O) groups is 2. The van der Waals surface area contributed by atoms with Crippen LogP contribution in [-0.2, 0) is 4.79 Å². The van der Waals surface area contributed by atoms with Crippen molar-refractivity contribution in [2.75, 3.05) is 23.4 Å². The van der Waals surface area contributed by atoms with Gasteiger partial charge in [-0.15, -0.1) is 0 Å². The maximum Gasteiger partial charge on any atom is 0.262 e. The molecule has 4 aromatic rings. The van der Waals surface area contributed by atoms with Gasteiger partial charge in [0, 0.05) is 12.2 Å². The van der Waals surface area contributed by atoms with E-state index in [-0.39, 0.29) is 18.4 Å². The molecule has 0 saturated carbocycles. The Balaban J connectivity index is 1.48. The summed E-state index contributed by atoms with van der Waals surface area (Å²) >= 11 is 3.57. The SMILES string of the molecule is CCN(C(=O)c1ccccc1NC(=O)COc1ccc2ccccc2c1Br)c1ccccc1. The molecule has 0 aliphatic rings. The summed E-state index contributed by atoms with van der Waals surface area (Å²) in [6, 6.07) is 28.2. The first-order chi connectivity index (χ1) is 16.1. The Labute approximate surface area is 201 Å². The first kappa shape index (κ1) is 22.6. The second-order valence-electron chi connectivity index (χ2n) is 7.37. The average Bonchev–Trinajstić information content (AvgIpc) is 2.85. The summed E-state index contributed by atoms with van der Waals surface area (Å²) in [5, 5.41) is 4.90. The van der Waals surface area contributed by atoms with Crippen LogP contribution in [0.1, 0.15) is 17.3 Å². The van der Waals surface area contributed by atoms with E-state index in [0.29, 0.717) is 23.5 Å². The standard InChI is InChI=1S/C27H23BrN2O3/c1-2-30(20-11-4-3-5-12-20)27(32)22-14-8-9-15-23(22)29-25(31)18-33-24-17-16-19-10-6-7-13-21(19)26(24)28/h3-17H,2,18H2,1H3,(H,29,31). The number of hydrogen-bond donors (Lipinski definition) is 1. The molecule has 4 rings (SSSR count). The van der Waals surface area contributed by atoms with Crippen molar-refractivity contribution >= 4 is 49.9 Å². The Morgan fingerprint density at radius 1 is 0.879 bits per heavy atom. The first-order valence-electron chi connectivity index (χ1n) is 10.6. The van der Waals surface area contributed by atoms with Gasteiger partial charge in [-0.25, -0.2) is 0 Å². The van der Waals surface area contributed by atoms with Crippen LogP contribution in [-0.4, -0.2) is 25.0 Å². The van der Waals surface area contributed by atoms with Crippen molar-refractivity contribution in [1.29, 1.82) is 0 Å². The summed E-state index contributed by atoms with van der Waals surface area (Å²) < 4.78 is 6.56. The quantitative estimate of drug-likeness (QED) is 0.323. The van der Waals surface area contributed by atoms with Crippen molar-refractivity contribution in [2.45, 2.75) is 6.92 Å². The molecule has 0 bridgehead atoms. The number of halogens is 1. The molecular formula is C27H23BrN2O3. The summed E-state index contributed by atoms with van der Waals surface area (Å²) in [4.78, 5) is 27.6. The molecule has 166 valence electrons. The molecule has 0 spiro atoms. The number of fused-ring (bicyclic) bond motifs is 1. The van der Waals surface area contributed by atoms with Crippen LogP contribution in [0.4, 0.5) is 11.4 Å². The van der Waals surface area contributed by atoms with Crippen LogP contribution < -0.4 is 15.0 Å². The molecule has 6 heteroatoms. The van der Waals surface area contributed by atoms with Crippen molar-refractivity contribution in [3.8, 4) is 5.75 Å². The molecule has 0 aliphatic heterocycles. The normalized spacial score (nSPS) is 10.6. The molecule has 0 saturated heterocycles. The second kappa shape index (κ2) is 10.3. The van der Waals surface area contributed by atoms with Crippen molar-refractivity contribution in [2.24, 2.45) is 0 Å². The van der Waals surface area contributed by atoms with Crippen LogP contribution in [0.5, 0.6) is 5.75 Å². The Morgan fingerprint density at radius 2 is 1.58 bits per heavy atom. The van der Waals surface area contributed by atoms with Crippen molar-refractivity contribution in [3.63, 3.8) is 0 Å². The lowest BCUT2D eigenvalue weighted by molar-refractivity contribution is -0.118. The Morgan fingerprint density at radius 3 is 2.36 bits per heavy atom. The minimum atomic E-state index is -0.349. The maximum atomic E-state index is 13.3. The fraction of sp³-hybridized carbons (Fsp3) is 0.111. The van der Waals surface area contributed by atoms with Gasteiger partial charge in [0.15, 0.2) is 6.61 Å². The van der Waals surface area contributed by atoms with Crippen molar-refractivity contribution < 1.29 is 14.3 Å². The van der Waals surface area contributed by atoms with Gasteiger partial charge in [-0.3, -0.25) is 9.59 Å². The van der Waals surface area contributed by atoms with Gasteiger partial charge in [-0.1, -0.05) is 60.7 Å². The minimum Gasteiger partial charge on any atom is -0.483 e. The summed E-state index contributed by atoms with van der Waals surface area (Å²) in [6.45, 7) is 2.24. The highest BCUT2D eigenvalue weighted by Crippen LogP contribution is 2.33. The number of para-hydroxylation sites is 2. The summed E-state index contributed by atoms with van der Waals surface area (Å²) in [5.41, 5.74) is 1.67. The zero-order valence-corrected chi connectivity index (χ0v) is 19.7. The smallest absolute Gasteiger partial charge is 0.262 e. The molecule has 1 N–H and O–H groups in total. The zero-order valence-electron chi connectivity index (χ0n) is 18.1. The molecule has 0 aromatic heterocycles. The number of benzene rings is 4. The Bertz CT molecular complexity index is 1290. The molecule has 33 heavy (non-hydrogen) atoms. The summed E-state index contributed by atoms with van der Waals surface area (Å²) in [6.07, 6.45) is 0. The van der Waals surface area contributed by atoms with Crippen LogP contribution in [0.15, 0.2) is 95.5 Å². The molecule has 0 unspecified atom stereocenters.